The van der Waals surface area contributed by atoms with E-state index in [4.69, 9.17) is 37.9 Å². The summed E-state index contributed by atoms with van der Waals surface area (Å²) in [4.78, 5) is 30.4. The molecule has 0 N–H and O–H groups in total. The molecule has 11 heteroatoms. The zero-order valence-electron chi connectivity index (χ0n) is 32.9. The van der Waals surface area contributed by atoms with Crippen LogP contribution >= 0.6 is 0 Å². The summed E-state index contributed by atoms with van der Waals surface area (Å²) in [5, 5.41) is 0. The number of nitrogens with zero attached hydrogens (tertiary/aromatic N) is 1. The molecule has 3 heterocycles. The maximum absolute atomic E-state index is 14.7. The van der Waals surface area contributed by atoms with Crippen molar-refractivity contribution in [2.75, 3.05) is 35.4 Å². The molecule has 294 valence electrons. The van der Waals surface area contributed by atoms with Gasteiger partial charge in [-0.2, -0.15) is 0 Å². The third-order valence-electron chi connectivity index (χ3n) is 13.3. The van der Waals surface area contributed by atoms with Gasteiger partial charge in [-0.3, -0.25) is 9.59 Å². The first kappa shape index (κ1) is 40.0. The van der Waals surface area contributed by atoms with E-state index < -0.39 is 12.4 Å². The van der Waals surface area contributed by atoms with E-state index in [0.717, 1.165) is 50.5 Å². The minimum absolute atomic E-state index is 0.0380. The summed E-state index contributed by atoms with van der Waals surface area (Å²) in [6.07, 6.45) is 10.8. The molecule has 0 radical (unpaired) electrons. The Bertz CT molecular complexity index is 1290. The van der Waals surface area contributed by atoms with Crippen molar-refractivity contribution < 1.29 is 47.5 Å². The number of hydrogen-bond donors (Lipinski definition) is 0. The van der Waals surface area contributed by atoms with E-state index in [1.165, 1.54) is 0 Å². The van der Waals surface area contributed by atoms with Crippen molar-refractivity contribution in [1.29, 1.82) is 0 Å². The first-order valence-corrected chi connectivity index (χ1v) is 20.0. The summed E-state index contributed by atoms with van der Waals surface area (Å²) in [5.74, 6) is 0.0198. The highest BCUT2D eigenvalue weighted by Crippen LogP contribution is 2.54. The molecule has 0 aromatic carbocycles. The first-order chi connectivity index (χ1) is 25.0. The number of fused-ring (bicyclic) bond motifs is 5. The van der Waals surface area contributed by atoms with Crippen LogP contribution in [0, 0.1) is 35.5 Å². The number of cyclic esters (lactones) is 1. The average molecular weight is 732 g/mol. The van der Waals surface area contributed by atoms with Crippen LogP contribution < -0.4 is 0 Å². The van der Waals surface area contributed by atoms with Crippen molar-refractivity contribution in [3.8, 4) is 0 Å². The lowest BCUT2D eigenvalue weighted by Gasteiger charge is -2.44. The molecule has 1 saturated carbocycles. The van der Waals surface area contributed by atoms with Gasteiger partial charge in [0.05, 0.1) is 30.8 Å². The summed E-state index contributed by atoms with van der Waals surface area (Å²) in [6, 6.07) is 0.339. The molecule has 11 nitrogen and oxygen atoms in total. The molecule has 0 spiro atoms. The minimum atomic E-state index is -0.594. The molecule has 0 bridgehead atoms. The van der Waals surface area contributed by atoms with Gasteiger partial charge in [-0.15, -0.1) is 0 Å². The van der Waals surface area contributed by atoms with Crippen molar-refractivity contribution in [1.82, 2.24) is 4.90 Å². The molecule has 3 aliphatic carbocycles. The molecule has 6 aliphatic rings. The van der Waals surface area contributed by atoms with E-state index in [-0.39, 0.29) is 96.8 Å². The van der Waals surface area contributed by atoms with Gasteiger partial charge in [0.1, 0.15) is 24.4 Å². The fraction of sp³-hybridized carbons (Fsp3) is 0.854. The Labute approximate surface area is 311 Å². The molecule has 6 rings (SSSR count). The van der Waals surface area contributed by atoms with Gasteiger partial charge in [-0.05, 0) is 109 Å². The quantitative estimate of drug-likeness (QED) is 0.222. The molecular formula is C41H65NO10. The van der Waals surface area contributed by atoms with Crippen LogP contribution in [0.4, 0.5) is 0 Å². The van der Waals surface area contributed by atoms with Gasteiger partial charge in [-0.1, -0.05) is 32.1 Å². The lowest BCUT2D eigenvalue weighted by Crippen LogP contribution is -2.59. The van der Waals surface area contributed by atoms with Crippen LogP contribution in [0.15, 0.2) is 23.8 Å². The number of esters is 1. The van der Waals surface area contributed by atoms with E-state index in [9.17, 15) is 9.59 Å². The second-order valence-electron chi connectivity index (χ2n) is 16.5. The maximum Gasteiger partial charge on any atom is 0.306 e. The third kappa shape index (κ3) is 8.27. The Hall–Kier alpha value is -1.70. The van der Waals surface area contributed by atoms with Crippen LogP contribution in [0.3, 0.4) is 0 Å². The molecule has 4 fully saturated rings. The highest BCUT2D eigenvalue weighted by Gasteiger charge is 2.52. The Morgan fingerprint density at radius 2 is 1.58 bits per heavy atom. The van der Waals surface area contributed by atoms with Crippen LogP contribution in [0.5, 0.6) is 0 Å². The van der Waals surface area contributed by atoms with E-state index >= 15 is 0 Å². The maximum atomic E-state index is 14.7. The second kappa shape index (κ2) is 17.4. The van der Waals surface area contributed by atoms with Crippen LogP contribution in [0.1, 0.15) is 85.5 Å². The largest absolute Gasteiger partial charge is 0.462 e. The van der Waals surface area contributed by atoms with Gasteiger partial charge in [0.25, 0.3) is 0 Å². The number of carbonyl (C=O) groups excluding carboxylic acids is 2. The lowest BCUT2D eigenvalue weighted by atomic mass is 9.70. The van der Waals surface area contributed by atoms with E-state index in [1.54, 1.807) is 21.3 Å². The molecule has 17 atom stereocenters. The van der Waals surface area contributed by atoms with Crippen molar-refractivity contribution in [3.63, 3.8) is 0 Å². The third-order valence-corrected chi connectivity index (χ3v) is 13.3. The van der Waals surface area contributed by atoms with Gasteiger partial charge in [0, 0.05) is 39.2 Å². The summed E-state index contributed by atoms with van der Waals surface area (Å²) in [6.45, 7) is 8.17. The van der Waals surface area contributed by atoms with Crippen molar-refractivity contribution in [3.05, 3.63) is 23.8 Å². The van der Waals surface area contributed by atoms with E-state index in [0.29, 0.717) is 18.4 Å². The highest BCUT2D eigenvalue weighted by molar-refractivity contribution is 5.99. The standard InChI is InChI=1S/C41H65NO10/c1-10-26-12-11-13-34(52-36-17-16-33(42(5)6)23(3)48-36)22(2)37(44)32-20-30-28(31(32)21-35(43)50-26)15-14-25-18-27(19-29(25)30)51-41-40(47-9)39(46-8)38(45-7)24(4)49-41/h14-15,20,22-31,33-34,36,38-41H,10-13,16-19,21H2,1-9H3/t22-,23?,24?,25?,26?,27?,28-,29-,30?,31+,33?,34?,36?,38?,39?,40?,41?/m1/s1. The predicted molar refractivity (Wildman–Crippen MR) is 194 cm³/mol. The SMILES string of the molecule is CCC1CCCC(OC2CCC(N(C)C)C(C)O2)[C@@H](C)C(=O)C2=CC3[C@@H]4CC(OC5OC(C)C(OC)C(OC)C5OC)CC4C=C[C@H]3[C@@H]2CC(=O)O1. The Morgan fingerprint density at radius 1 is 0.827 bits per heavy atom. The van der Waals surface area contributed by atoms with Crippen LogP contribution in [-0.4, -0.2) is 120 Å². The van der Waals surface area contributed by atoms with Crippen molar-refractivity contribution >= 4 is 11.8 Å². The van der Waals surface area contributed by atoms with Gasteiger partial charge >= 0.3 is 5.97 Å². The number of methoxy groups -OCH3 is 3. The number of ketones is 1. The number of ether oxygens (including phenoxy) is 8. The van der Waals surface area contributed by atoms with Crippen molar-refractivity contribution in [2.24, 2.45) is 35.5 Å². The average Bonchev–Trinajstić information content (AvgIpc) is 3.70. The molecule has 3 aliphatic heterocycles. The molecular weight excluding hydrogens is 666 g/mol. The number of Topliss-reactive ketones (excluding diaryl/α,β-unsaturated/α-hetero) is 1. The van der Waals surface area contributed by atoms with Crippen molar-refractivity contribution in [2.45, 2.75) is 153 Å². The van der Waals surface area contributed by atoms with E-state index in [2.05, 4.69) is 51.1 Å². The fourth-order valence-corrected chi connectivity index (χ4v) is 10.4. The summed E-state index contributed by atoms with van der Waals surface area (Å²) >= 11 is 0. The Morgan fingerprint density at radius 3 is 2.25 bits per heavy atom. The summed E-state index contributed by atoms with van der Waals surface area (Å²) in [5.41, 5.74) is 0.763. The molecule has 3 saturated heterocycles. The van der Waals surface area contributed by atoms with Crippen LogP contribution in [0.2, 0.25) is 0 Å². The number of rotatable bonds is 9. The first-order valence-electron chi connectivity index (χ1n) is 20.0. The topological polar surface area (TPSA) is 111 Å². The lowest BCUT2D eigenvalue weighted by molar-refractivity contribution is -0.314. The number of likely N-dealkylation sites (N-methyl/N-ethyl adjacent to an activating group) is 1. The number of allylic oxidation sites excluding steroid dienone is 4. The van der Waals surface area contributed by atoms with Gasteiger partial charge in [0.2, 0.25) is 0 Å². The zero-order chi connectivity index (χ0) is 37.3. The smallest absolute Gasteiger partial charge is 0.306 e. The van der Waals surface area contributed by atoms with Gasteiger partial charge in [0.15, 0.2) is 18.4 Å². The fourth-order valence-electron chi connectivity index (χ4n) is 10.4. The summed E-state index contributed by atoms with van der Waals surface area (Å²) in [7, 11) is 9.15. The number of carbonyl (C=O) groups is 2. The second-order valence-corrected chi connectivity index (χ2v) is 16.5. The monoisotopic (exact) mass is 731 g/mol. The Balaban J connectivity index is 1.20. The molecule has 52 heavy (non-hydrogen) atoms. The van der Waals surface area contributed by atoms with Gasteiger partial charge in [-0.25, -0.2) is 0 Å². The number of hydrogen-bond acceptors (Lipinski definition) is 11. The predicted octanol–water partition coefficient (Wildman–Crippen LogP) is 5.49. The minimum Gasteiger partial charge on any atom is -0.462 e. The normalized spacial score (nSPS) is 45.7. The molecule has 13 unspecified atom stereocenters. The molecule has 0 aromatic rings. The highest BCUT2D eigenvalue weighted by atomic mass is 16.7. The molecule has 0 aromatic heterocycles. The summed E-state index contributed by atoms with van der Waals surface area (Å²) < 4.78 is 49.5. The molecule has 0 amide bonds. The Kier molecular flexibility index (Phi) is 13.4. The van der Waals surface area contributed by atoms with Crippen LogP contribution in [0.25, 0.3) is 0 Å². The zero-order valence-corrected chi connectivity index (χ0v) is 32.9. The van der Waals surface area contributed by atoms with Gasteiger partial charge < -0.3 is 42.8 Å². The van der Waals surface area contributed by atoms with Crippen LogP contribution in [-0.2, 0) is 47.5 Å². The van der Waals surface area contributed by atoms with E-state index in [1.807, 2.05) is 13.8 Å².